The van der Waals surface area contributed by atoms with Crippen molar-refractivity contribution >= 4 is 0 Å². The smallest absolute Gasteiger partial charge is 0.00974 e. The van der Waals surface area contributed by atoms with Crippen LogP contribution in [-0.2, 0) is 0 Å². The number of allylic oxidation sites excluding steroid dienone is 6. The summed E-state index contributed by atoms with van der Waals surface area (Å²) in [5.41, 5.74) is 1.50. The second-order valence-corrected chi connectivity index (χ2v) is 3.07. The molecule has 2 aliphatic rings. The zero-order chi connectivity index (χ0) is 6.81. The van der Waals surface area contributed by atoms with E-state index in [4.69, 9.17) is 0 Å². The summed E-state index contributed by atoms with van der Waals surface area (Å²) >= 11 is 0. The molecule has 1 saturated carbocycles. The van der Waals surface area contributed by atoms with Crippen LogP contribution in [0.2, 0.25) is 0 Å². The van der Waals surface area contributed by atoms with Crippen molar-refractivity contribution in [3.8, 4) is 0 Å². The summed E-state index contributed by atoms with van der Waals surface area (Å²) in [5, 5.41) is 0. The lowest BCUT2D eigenvalue weighted by atomic mass is 10.1. The van der Waals surface area contributed by atoms with Gasteiger partial charge < -0.3 is 0 Å². The third-order valence-electron chi connectivity index (χ3n) is 1.98. The Hall–Kier alpha value is -0.780. The second kappa shape index (κ2) is 2.45. The zero-order valence-electron chi connectivity index (χ0n) is 6.09. The summed E-state index contributed by atoms with van der Waals surface area (Å²) < 4.78 is 0. The van der Waals surface area contributed by atoms with Crippen LogP contribution in [0.1, 0.15) is 19.3 Å². The van der Waals surface area contributed by atoms with Gasteiger partial charge in [-0.25, -0.2) is 0 Å². The van der Waals surface area contributed by atoms with Gasteiger partial charge in [0.2, 0.25) is 0 Å². The van der Waals surface area contributed by atoms with Gasteiger partial charge in [-0.2, -0.15) is 0 Å². The average Bonchev–Trinajstić information content (AvgIpc) is 2.74. The Morgan fingerprint density at radius 2 is 2.20 bits per heavy atom. The standard InChI is InChI=1S/C10H12/c1-2-4-9(5-3-1)8-10-6-7-10/h1-4,8,10H,5-7H2. The number of hydrogen-bond donors (Lipinski definition) is 0. The maximum Gasteiger partial charge on any atom is -0.00974 e. The summed E-state index contributed by atoms with van der Waals surface area (Å²) in [6.45, 7) is 0. The molecule has 0 aromatic rings. The van der Waals surface area contributed by atoms with Gasteiger partial charge in [-0.1, -0.05) is 30.4 Å². The van der Waals surface area contributed by atoms with E-state index in [1.165, 1.54) is 18.4 Å². The van der Waals surface area contributed by atoms with Crippen molar-refractivity contribution < 1.29 is 0 Å². The van der Waals surface area contributed by atoms with Crippen molar-refractivity contribution in [1.29, 1.82) is 0 Å². The van der Waals surface area contributed by atoms with E-state index in [-0.39, 0.29) is 0 Å². The molecule has 0 atom stereocenters. The molecule has 2 rings (SSSR count). The van der Waals surface area contributed by atoms with Gasteiger partial charge in [0.15, 0.2) is 0 Å². The van der Waals surface area contributed by atoms with Gasteiger partial charge in [-0.3, -0.25) is 0 Å². The first kappa shape index (κ1) is 5.96. The molecular formula is C10H12. The molecule has 0 radical (unpaired) electrons. The number of hydrogen-bond acceptors (Lipinski definition) is 0. The molecule has 10 heavy (non-hydrogen) atoms. The van der Waals surface area contributed by atoms with Gasteiger partial charge in [-0.05, 0) is 30.8 Å². The molecule has 0 amide bonds. The molecule has 52 valence electrons. The van der Waals surface area contributed by atoms with Crippen LogP contribution in [0.25, 0.3) is 0 Å². The van der Waals surface area contributed by atoms with E-state index in [0.717, 1.165) is 12.3 Å². The van der Waals surface area contributed by atoms with E-state index < -0.39 is 0 Å². The maximum atomic E-state index is 2.42. The lowest BCUT2D eigenvalue weighted by Crippen LogP contribution is -1.80. The highest BCUT2D eigenvalue weighted by molar-refractivity contribution is 5.30. The Morgan fingerprint density at radius 1 is 1.30 bits per heavy atom. The fourth-order valence-corrected chi connectivity index (χ4v) is 1.22. The normalized spacial score (nSPS) is 27.8. The topological polar surface area (TPSA) is 0 Å². The lowest BCUT2D eigenvalue weighted by molar-refractivity contribution is 1.08. The van der Waals surface area contributed by atoms with Crippen LogP contribution in [0.4, 0.5) is 0 Å². The van der Waals surface area contributed by atoms with Crippen molar-refractivity contribution in [3.05, 3.63) is 36.0 Å². The molecule has 0 nitrogen and oxygen atoms in total. The SMILES string of the molecule is C1=CCC(=CC2CC2)C=C1. The lowest BCUT2D eigenvalue weighted by Gasteiger charge is -1.99. The van der Waals surface area contributed by atoms with Gasteiger partial charge in [0.05, 0.1) is 0 Å². The van der Waals surface area contributed by atoms with E-state index in [0.29, 0.717) is 0 Å². The zero-order valence-corrected chi connectivity index (χ0v) is 6.09. The van der Waals surface area contributed by atoms with E-state index >= 15 is 0 Å². The highest BCUT2D eigenvalue weighted by Crippen LogP contribution is 2.32. The van der Waals surface area contributed by atoms with E-state index in [1.807, 2.05) is 0 Å². The minimum atomic E-state index is 0.922. The Morgan fingerprint density at radius 3 is 2.80 bits per heavy atom. The van der Waals surface area contributed by atoms with Crippen molar-refractivity contribution in [2.75, 3.05) is 0 Å². The van der Waals surface area contributed by atoms with E-state index in [2.05, 4.69) is 30.4 Å². The Labute approximate surface area is 61.9 Å². The molecule has 0 bridgehead atoms. The summed E-state index contributed by atoms with van der Waals surface area (Å²) in [7, 11) is 0. The third-order valence-corrected chi connectivity index (χ3v) is 1.98. The van der Waals surface area contributed by atoms with Gasteiger partial charge in [0.1, 0.15) is 0 Å². The molecule has 0 heterocycles. The molecule has 0 aliphatic heterocycles. The van der Waals surface area contributed by atoms with Crippen LogP contribution in [0.5, 0.6) is 0 Å². The second-order valence-electron chi connectivity index (χ2n) is 3.07. The molecule has 2 aliphatic carbocycles. The molecule has 0 unspecified atom stereocenters. The van der Waals surface area contributed by atoms with Crippen molar-refractivity contribution in [2.45, 2.75) is 19.3 Å². The fourth-order valence-electron chi connectivity index (χ4n) is 1.22. The first-order valence-electron chi connectivity index (χ1n) is 3.99. The summed E-state index contributed by atoms with van der Waals surface area (Å²) in [5.74, 6) is 0.922. The maximum absolute atomic E-state index is 2.42. The molecule has 0 saturated heterocycles. The quantitative estimate of drug-likeness (QED) is 0.514. The monoisotopic (exact) mass is 132 g/mol. The van der Waals surface area contributed by atoms with Crippen LogP contribution in [-0.4, -0.2) is 0 Å². The summed E-state index contributed by atoms with van der Waals surface area (Å²) in [6, 6.07) is 0. The van der Waals surface area contributed by atoms with E-state index in [9.17, 15) is 0 Å². The van der Waals surface area contributed by atoms with Crippen molar-refractivity contribution in [3.63, 3.8) is 0 Å². The average molecular weight is 132 g/mol. The minimum absolute atomic E-state index is 0.922. The predicted octanol–water partition coefficient (Wildman–Crippen LogP) is 2.84. The van der Waals surface area contributed by atoms with Crippen LogP contribution in [0.3, 0.4) is 0 Å². The van der Waals surface area contributed by atoms with Gasteiger partial charge in [-0.15, -0.1) is 0 Å². The Bertz CT molecular complexity index is 202. The van der Waals surface area contributed by atoms with Crippen LogP contribution in [0.15, 0.2) is 36.0 Å². The van der Waals surface area contributed by atoms with Gasteiger partial charge in [0, 0.05) is 0 Å². The molecule has 0 aromatic heterocycles. The van der Waals surface area contributed by atoms with Gasteiger partial charge in [0.25, 0.3) is 0 Å². The van der Waals surface area contributed by atoms with Crippen LogP contribution >= 0.6 is 0 Å². The largest absolute Gasteiger partial charge is 0.0801 e. The number of rotatable bonds is 1. The molecule has 0 N–H and O–H groups in total. The molecular weight excluding hydrogens is 120 g/mol. The Balaban J connectivity index is 2.03. The van der Waals surface area contributed by atoms with Crippen molar-refractivity contribution in [1.82, 2.24) is 0 Å². The molecule has 1 fully saturated rings. The summed E-state index contributed by atoms with van der Waals surface area (Å²) in [6.07, 6.45) is 15.1. The Kier molecular flexibility index (Phi) is 1.46. The van der Waals surface area contributed by atoms with E-state index in [1.54, 1.807) is 0 Å². The minimum Gasteiger partial charge on any atom is -0.0801 e. The fraction of sp³-hybridized carbons (Fsp3) is 0.400. The highest BCUT2D eigenvalue weighted by Gasteiger charge is 2.18. The molecule has 0 aromatic carbocycles. The predicted molar refractivity (Wildman–Crippen MR) is 43.7 cm³/mol. The third kappa shape index (κ3) is 1.38. The first-order chi connectivity index (χ1) is 4.95. The molecule has 0 spiro atoms. The van der Waals surface area contributed by atoms with Gasteiger partial charge >= 0.3 is 0 Å². The van der Waals surface area contributed by atoms with Crippen LogP contribution < -0.4 is 0 Å². The van der Waals surface area contributed by atoms with Crippen LogP contribution in [0, 0.1) is 5.92 Å². The first-order valence-corrected chi connectivity index (χ1v) is 3.99. The van der Waals surface area contributed by atoms with Crippen molar-refractivity contribution in [2.24, 2.45) is 5.92 Å². The molecule has 0 heteroatoms. The summed E-state index contributed by atoms with van der Waals surface area (Å²) in [4.78, 5) is 0. The highest BCUT2D eigenvalue weighted by atomic mass is 14.2.